The molecule has 1 N–H and O–H groups in total. The molecular weight excluding hydrogens is 440 g/mol. The number of rotatable bonds is 5. The van der Waals surface area contributed by atoms with Crippen molar-refractivity contribution in [2.24, 2.45) is 0 Å². The molecule has 2 aromatic carbocycles. The fourth-order valence-electron chi connectivity index (χ4n) is 4.41. The predicted molar refractivity (Wildman–Crippen MR) is 137 cm³/mol. The van der Waals surface area contributed by atoms with E-state index < -0.39 is 17.7 Å². The number of carbonyl (C=O) groups excluding carboxylic acids is 2. The summed E-state index contributed by atoms with van der Waals surface area (Å²) in [6, 6.07) is 17.3. The lowest BCUT2D eigenvalue weighted by Crippen LogP contribution is -2.29. The third-order valence-electron chi connectivity index (χ3n) is 6.32. The van der Waals surface area contributed by atoms with Gasteiger partial charge in [-0.2, -0.15) is 0 Å². The van der Waals surface area contributed by atoms with E-state index in [4.69, 9.17) is 4.74 Å². The van der Waals surface area contributed by atoms with Gasteiger partial charge in [-0.1, -0.05) is 45.9 Å². The van der Waals surface area contributed by atoms with Crippen molar-refractivity contribution in [1.82, 2.24) is 4.98 Å². The number of amides is 1. The van der Waals surface area contributed by atoms with E-state index in [1.54, 1.807) is 43.6 Å². The first-order chi connectivity index (χ1) is 16.7. The average Bonchev–Trinajstić information content (AvgIpc) is 3.13. The Kier molecular flexibility index (Phi) is 6.48. The van der Waals surface area contributed by atoms with Gasteiger partial charge in [-0.25, -0.2) is 0 Å². The molecule has 180 valence electrons. The van der Waals surface area contributed by atoms with Crippen LogP contribution >= 0.6 is 0 Å². The highest BCUT2D eigenvalue weighted by molar-refractivity contribution is 6.51. The number of hydrogen-bond acceptors (Lipinski definition) is 5. The minimum atomic E-state index is -0.858. The van der Waals surface area contributed by atoms with E-state index in [0.29, 0.717) is 22.7 Å². The topological polar surface area (TPSA) is 79.7 Å². The van der Waals surface area contributed by atoms with E-state index in [9.17, 15) is 14.7 Å². The monoisotopic (exact) mass is 470 g/mol. The molecule has 0 spiro atoms. The van der Waals surface area contributed by atoms with Crippen molar-refractivity contribution in [2.75, 3.05) is 12.0 Å². The molecule has 1 unspecified atom stereocenters. The Morgan fingerprint density at radius 1 is 1.06 bits per heavy atom. The van der Waals surface area contributed by atoms with Crippen LogP contribution in [0, 0.1) is 0 Å². The van der Waals surface area contributed by atoms with Crippen LogP contribution in [0.25, 0.3) is 5.76 Å². The summed E-state index contributed by atoms with van der Waals surface area (Å²) in [6.07, 6.45) is 2.47. The fourth-order valence-corrected chi connectivity index (χ4v) is 4.41. The number of anilines is 1. The molecule has 0 aliphatic carbocycles. The first-order valence-electron chi connectivity index (χ1n) is 11.7. The quantitative estimate of drug-likeness (QED) is 0.299. The van der Waals surface area contributed by atoms with Crippen LogP contribution in [-0.4, -0.2) is 28.9 Å². The summed E-state index contributed by atoms with van der Waals surface area (Å²) < 4.78 is 5.52. The van der Waals surface area contributed by atoms with Gasteiger partial charge < -0.3 is 9.84 Å². The van der Waals surface area contributed by atoms with Gasteiger partial charge in [0.2, 0.25) is 0 Å². The molecule has 1 amide bonds. The number of aryl methyl sites for hydroxylation is 1. The number of pyridine rings is 1. The minimum absolute atomic E-state index is 0.0123. The zero-order valence-electron chi connectivity index (χ0n) is 20.7. The van der Waals surface area contributed by atoms with Crippen molar-refractivity contribution in [3.63, 3.8) is 0 Å². The van der Waals surface area contributed by atoms with Crippen molar-refractivity contribution in [1.29, 1.82) is 0 Å². The van der Waals surface area contributed by atoms with Gasteiger partial charge in [0, 0.05) is 23.0 Å². The van der Waals surface area contributed by atoms with Crippen LogP contribution in [0.4, 0.5) is 5.69 Å². The van der Waals surface area contributed by atoms with Gasteiger partial charge in [-0.15, -0.1) is 0 Å². The molecule has 4 rings (SSSR count). The fraction of sp³-hybridized carbons (Fsp3) is 0.276. The third kappa shape index (κ3) is 4.44. The Morgan fingerprint density at radius 3 is 2.34 bits per heavy atom. The molecule has 2 heterocycles. The molecule has 1 aliphatic rings. The van der Waals surface area contributed by atoms with Gasteiger partial charge in [0.1, 0.15) is 17.6 Å². The van der Waals surface area contributed by atoms with Crippen molar-refractivity contribution >= 4 is 23.1 Å². The minimum Gasteiger partial charge on any atom is -0.507 e. The molecule has 0 saturated carbocycles. The van der Waals surface area contributed by atoms with Gasteiger partial charge in [0.05, 0.1) is 18.4 Å². The molecule has 1 fully saturated rings. The summed E-state index contributed by atoms with van der Waals surface area (Å²) in [7, 11) is 1.60. The number of aliphatic hydroxyl groups is 1. The molecular formula is C29H30N2O4. The van der Waals surface area contributed by atoms with Gasteiger partial charge in [0.15, 0.2) is 0 Å². The number of nitrogens with zero attached hydrogens (tertiary/aromatic N) is 2. The third-order valence-corrected chi connectivity index (χ3v) is 6.32. The van der Waals surface area contributed by atoms with E-state index in [0.717, 1.165) is 17.5 Å². The summed E-state index contributed by atoms with van der Waals surface area (Å²) in [4.78, 5) is 32.5. The summed E-state index contributed by atoms with van der Waals surface area (Å²) >= 11 is 0. The van der Waals surface area contributed by atoms with E-state index in [1.165, 1.54) is 4.90 Å². The van der Waals surface area contributed by atoms with Crippen molar-refractivity contribution in [3.8, 4) is 5.75 Å². The highest BCUT2D eigenvalue weighted by atomic mass is 16.5. The standard InChI is InChI=1S/C29H30N2O4/c1-6-18-10-13-20(14-11-18)31-25(22-9-7-8-16-30-22)24(27(33)28(31)34)26(32)19-12-15-23(35-5)21(17-19)29(2,3)4/h7-17,25,32H,6H2,1-5H3/b26-24-. The van der Waals surface area contributed by atoms with Crippen LogP contribution in [0.3, 0.4) is 0 Å². The lowest BCUT2D eigenvalue weighted by molar-refractivity contribution is -0.132. The zero-order valence-corrected chi connectivity index (χ0v) is 20.7. The molecule has 6 heteroatoms. The van der Waals surface area contributed by atoms with E-state index in [2.05, 4.69) is 11.9 Å². The van der Waals surface area contributed by atoms with Crippen LogP contribution in [-0.2, 0) is 21.4 Å². The average molecular weight is 471 g/mol. The predicted octanol–water partition coefficient (Wildman–Crippen LogP) is 5.58. The Balaban J connectivity index is 1.92. The summed E-state index contributed by atoms with van der Waals surface area (Å²) in [5.74, 6) is -0.992. The SMILES string of the molecule is CCc1ccc(N2C(=O)C(=O)/C(=C(\O)c3ccc(OC)c(C(C)(C)C)c3)C2c2ccccn2)cc1. The Morgan fingerprint density at radius 2 is 1.77 bits per heavy atom. The molecule has 3 aromatic rings. The van der Waals surface area contributed by atoms with Gasteiger partial charge in [-0.05, 0) is 59.9 Å². The van der Waals surface area contributed by atoms with Gasteiger partial charge in [-0.3, -0.25) is 19.5 Å². The number of ketones is 1. The smallest absolute Gasteiger partial charge is 0.300 e. The second-order valence-electron chi connectivity index (χ2n) is 9.61. The summed E-state index contributed by atoms with van der Waals surface area (Å²) in [6.45, 7) is 8.18. The highest BCUT2D eigenvalue weighted by Crippen LogP contribution is 2.42. The molecule has 0 bridgehead atoms. The van der Waals surface area contributed by atoms with Crippen LogP contribution in [0.15, 0.2) is 72.4 Å². The molecule has 1 saturated heterocycles. The van der Waals surface area contributed by atoms with Crippen LogP contribution < -0.4 is 9.64 Å². The molecule has 35 heavy (non-hydrogen) atoms. The van der Waals surface area contributed by atoms with Crippen molar-refractivity contribution in [2.45, 2.75) is 45.6 Å². The van der Waals surface area contributed by atoms with E-state index >= 15 is 0 Å². The zero-order chi connectivity index (χ0) is 25.3. The maximum absolute atomic E-state index is 13.4. The number of aromatic nitrogens is 1. The number of ether oxygens (including phenoxy) is 1. The van der Waals surface area contributed by atoms with Crippen LogP contribution in [0.2, 0.25) is 0 Å². The normalized spacial score (nSPS) is 17.6. The maximum atomic E-state index is 13.4. The van der Waals surface area contributed by atoms with Crippen LogP contribution in [0.1, 0.15) is 56.1 Å². The highest BCUT2D eigenvalue weighted by Gasteiger charge is 2.47. The lowest BCUT2D eigenvalue weighted by atomic mass is 9.84. The van der Waals surface area contributed by atoms with Crippen LogP contribution in [0.5, 0.6) is 5.75 Å². The number of benzene rings is 2. The second-order valence-corrected chi connectivity index (χ2v) is 9.61. The number of methoxy groups -OCH3 is 1. The molecule has 1 atom stereocenters. The first-order valence-corrected chi connectivity index (χ1v) is 11.7. The lowest BCUT2D eigenvalue weighted by Gasteiger charge is -2.25. The summed E-state index contributed by atoms with van der Waals surface area (Å²) in [5.41, 5.74) is 3.25. The van der Waals surface area contributed by atoms with Gasteiger partial charge in [0.25, 0.3) is 11.7 Å². The largest absolute Gasteiger partial charge is 0.507 e. The van der Waals surface area contributed by atoms with Crippen molar-refractivity contribution < 1.29 is 19.4 Å². The number of Topliss-reactive ketones (excluding diaryl/α,β-unsaturated/α-hetero) is 1. The Hall–Kier alpha value is -3.93. The summed E-state index contributed by atoms with van der Waals surface area (Å²) in [5, 5.41) is 11.5. The van der Waals surface area contributed by atoms with Crippen molar-refractivity contribution in [3.05, 3.63) is 94.8 Å². The van der Waals surface area contributed by atoms with E-state index in [-0.39, 0.29) is 16.7 Å². The molecule has 1 aliphatic heterocycles. The van der Waals surface area contributed by atoms with Gasteiger partial charge >= 0.3 is 0 Å². The Labute approximate surface area is 205 Å². The molecule has 1 aromatic heterocycles. The number of carbonyl (C=O) groups is 2. The molecule has 6 nitrogen and oxygen atoms in total. The maximum Gasteiger partial charge on any atom is 0.300 e. The number of aliphatic hydroxyl groups excluding tert-OH is 1. The van der Waals surface area contributed by atoms with E-state index in [1.807, 2.05) is 51.1 Å². The number of hydrogen-bond donors (Lipinski definition) is 1. The molecule has 0 radical (unpaired) electrons. The first kappa shape index (κ1) is 24.2. The second kappa shape index (κ2) is 9.37. The Bertz CT molecular complexity index is 1290.